The second kappa shape index (κ2) is 7.06. The SMILES string of the molecule is CCN(CC)CCCNc1nc(Cl)nc2c1CCC2. The molecule has 0 atom stereocenters. The fraction of sp³-hybridized carbons (Fsp3) is 0.714. The Balaban J connectivity index is 1.86. The summed E-state index contributed by atoms with van der Waals surface area (Å²) < 4.78 is 0. The van der Waals surface area contributed by atoms with Gasteiger partial charge in [-0.1, -0.05) is 13.8 Å². The van der Waals surface area contributed by atoms with Gasteiger partial charge in [0, 0.05) is 12.1 Å². The number of hydrogen-bond acceptors (Lipinski definition) is 4. The Morgan fingerprint density at radius 3 is 2.74 bits per heavy atom. The smallest absolute Gasteiger partial charge is 0.224 e. The van der Waals surface area contributed by atoms with Crippen LogP contribution in [0.3, 0.4) is 0 Å². The van der Waals surface area contributed by atoms with E-state index in [2.05, 4.69) is 34.0 Å². The van der Waals surface area contributed by atoms with Gasteiger partial charge in [0.25, 0.3) is 0 Å². The van der Waals surface area contributed by atoms with Crippen LogP contribution in [0, 0.1) is 0 Å². The van der Waals surface area contributed by atoms with Crippen molar-refractivity contribution in [3.63, 3.8) is 0 Å². The number of rotatable bonds is 7. The third-order valence-corrected chi connectivity index (χ3v) is 3.91. The molecule has 0 spiro atoms. The van der Waals surface area contributed by atoms with E-state index >= 15 is 0 Å². The zero-order valence-electron chi connectivity index (χ0n) is 11.9. The molecule has 1 heterocycles. The van der Waals surface area contributed by atoms with E-state index in [1.807, 2.05) is 0 Å². The lowest BCUT2D eigenvalue weighted by Gasteiger charge is -2.18. The summed E-state index contributed by atoms with van der Waals surface area (Å²) in [6.45, 7) is 8.70. The maximum Gasteiger partial charge on any atom is 0.224 e. The molecule has 1 aromatic heterocycles. The summed E-state index contributed by atoms with van der Waals surface area (Å²) in [6, 6.07) is 0. The summed E-state index contributed by atoms with van der Waals surface area (Å²) in [7, 11) is 0. The summed E-state index contributed by atoms with van der Waals surface area (Å²) in [5.41, 5.74) is 2.40. The molecule has 0 saturated heterocycles. The summed E-state index contributed by atoms with van der Waals surface area (Å²) in [5.74, 6) is 0.951. The molecule has 2 rings (SSSR count). The lowest BCUT2D eigenvalue weighted by molar-refractivity contribution is 0.303. The average Bonchev–Trinajstić information content (AvgIpc) is 2.86. The molecular formula is C14H23ClN4. The Morgan fingerprint density at radius 1 is 1.21 bits per heavy atom. The predicted octanol–water partition coefficient (Wildman–Crippen LogP) is 2.76. The summed E-state index contributed by atoms with van der Waals surface area (Å²) >= 11 is 5.97. The summed E-state index contributed by atoms with van der Waals surface area (Å²) in [5, 5.41) is 3.79. The number of aryl methyl sites for hydroxylation is 1. The largest absolute Gasteiger partial charge is 0.370 e. The fourth-order valence-electron chi connectivity index (χ4n) is 2.60. The fourth-order valence-corrected chi connectivity index (χ4v) is 2.78. The molecule has 106 valence electrons. The Labute approximate surface area is 120 Å². The van der Waals surface area contributed by atoms with E-state index in [1.54, 1.807) is 0 Å². The summed E-state index contributed by atoms with van der Waals surface area (Å²) in [6.07, 6.45) is 4.40. The van der Waals surface area contributed by atoms with Crippen LogP contribution in [-0.2, 0) is 12.8 Å². The quantitative estimate of drug-likeness (QED) is 0.617. The van der Waals surface area contributed by atoms with Crippen LogP contribution in [0.5, 0.6) is 0 Å². The molecule has 0 aromatic carbocycles. The van der Waals surface area contributed by atoms with E-state index in [9.17, 15) is 0 Å². The van der Waals surface area contributed by atoms with Gasteiger partial charge in [0.15, 0.2) is 0 Å². The molecule has 0 aliphatic heterocycles. The van der Waals surface area contributed by atoms with E-state index in [0.717, 1.165) is 57.0 Å². The molecule has 5 heteroatoms. The molecule has 19 heavy (non-hydrogen) atoms. The lowest BCUT2D eigenvalue weighted by atomic mass is 10.2. The van der Waals surface area contributed by atoms with Gasteiger partial charge in [-0.15, -0.1) is 0 Å². The average molecular weight is 283 g/mol. The Hall–Kier alpha value is -0.870. The van der Waals surface area contributed by atoms with Crippen LogP contribution < -0.4 is 5.32 Å². The van der Waals surface area contributed by atoms with Gasteiger partial charge in [-0.2, -0.15) is 0 Å². The minimum Gasteiger partial charge on any atom is -0.370 e. The molecule has 4 nitrogen and oxygen atoms in total. The van der Waals surface area contributed by atoms with Crippen LogP contribution in [0.25, 0.3) is 0 Å². The maximum atomic E-state index is 5.97. The first-order valence-corrected chi connectivity index (χ1v) is 7.63. The number of nitrogens with zero attached hydrogens (tertiary/aromatic N) is 3. The first-order chi connectivity index (χ1) is 9.24. The van der Waals surface area contributed by atoms with Gasteiger partial charge < -0.3 is 10.2 Å². The van der Waals surface area contributed by atoms with Crippen molar-refractivity contribution in [1.29, 1.82) is 0 Å². The summed E-state index contributed by atoms with van der Waals surface area (Å²) in [4.78, 5) is 11.1. The van der Waals surface area contributed by atoms with Crippen LogP contribution in [0.4, 0.5) is 5.82 Å². The first kappa shape index (κ1) is 14.5. The Morgan fingerprint density at radius 2 is 2.00 bits per heavy atom. The highest BCUT2D eigenvalue weighted by molar-refractivity contribution is 6.28. The van der Waals surface area contributed by atoms with Crippen molar-refractivity contribution in [2.45, 2.75) is 39.5 Å². The second-order valence-electron chi connectivity index (χ2n) is 4.93. The Bertz CT molecular complexity index is 418. The van der Waals surface area contributed by atoms with Crippen molar-refractivity contribution < 1.29 is 0 Å². The maximum absolute atomic E-state index is 5.97. The van der Waals surface area contributed by atoms with Crippen LogP contribution >= 0.6 is 11.6 Å². The van der Waals surface area contributed by atoms with Gasteiger partial charge in [-0.05, 0) is 56.9 Å². The highest BCUT2D eigenvalue weighted by Gasteiger charge is 2.18. The zero-order chi connectivity index (χ0) is 13.7. The van der Waals surface area contributed by atoms with Gasteiger partial charge >= 0.3 is 0 Å². The van der Waals surface area contributed by atoms with Crippen LogP contribution in [0.1, 0.15) is 37.9 Å². The van der Waals surface area contributed by atoms with Crippen molar-refractivity contribution in [3.8, 4) is 0 Å². The molecular weight excluding hydrogens is 260 g/mol. The molecule has 1 aromatic rings. The highest BCUT2D eigenvalue weighted by Crippen LogP contribution is 2.27. The number of hydrogen-bond donors (Lipinski definition) is 1. The number of halogens is 1. The van der Waals surface area contributed by atoms with Crippen LogP contribution in [0.15, 0.2) is 0 Å². The number of aromatic nitrogens is 2. The van der Waals surface area contributed by atoms with Crippen molar-refractivity contribution in [3.05, 3.63) is 16.5 Å². The molecule has 1 aliphatic rings. The number of fused-ring (bicyclic) bond motifs is 1. The van der Waals surface area contributed by atoms with Crippen molar-refractivity contribution >= 4 is 17.4 Å². The van der Waals surface area contributed by atoms with E-state index < -0.39 is 0 Å². The molecule has 0 radical (unpaired) electrons. The van der Waals surface area contributed by atoms with E-state index in [0.29, 0.717) is 5.28 Å². The van der Waals surface area contributed by atoms with Gasteiger partial charge in [0.05, 0.1) is 5.69 Å². The molecule has 0 amide bonds. The zero-order valence-corrected chi connectivity index (χ0v) is 12.6. The minimum absolute atomic E-state index is 0.367. The topological polar surface area (TPSA) is 41.0 Å². The molecule has 0 unspecified atom stereocenters. The number of nitrogens with one attached hydrogen (secondary N) is 1. The van der Waals surface area contributed by atoms with Crippen LogP contribution in [0.2, 0.25) is 5.28 Å². The van der Waals surface area contributed by atoms with Gasteiger partial charge in [-0.25, -0.2) is 9.97 Å². The molecule has 0 saturated carbocycles. The monoisotopic (exact) mass is 282 g/mol. The third kappa shape index (κ3) is 3.80. The second-order valence-corrected chi connectivity index (χ2v) is 5.27. The van der Waals surface area contributed by atoms with E-state index in [1.165, 1.54) is 12.0 Å². The van der Waals surface area contributed by atoms with Gasteiger partial charge in [0.2, 0.25) is 5.28 Å². The van der Waals surface area contributed by atoms with Crippen molar-refractivity contribution in [1.82, 2.24) is 14.9 Å². The van der Waals surface area contributed by atoms with Crippen LogP contribution in [-0.4, -0.2) is 41.0 Å². The third-order valence-electron chi connectivity index (χ3n) is 3.74. The Kier molecular flexibility index (Phi) is 5.40. The normalized spacial score (nSPS) is 13.9. The lowest BCUT2D eigenvalue weighted by Crippen LogP contribution is -2.25. The van der Waals surface area contributed by atoms with Crippen molar-refractivity contribution in [2.24, 2.45) is 0 Å². The van der Waals surface area contributed by atoms with Crippen molar-refractivity contribution in [2.75, 3.05) is 31.5 Å². The van der Waals surface area contributed by atoms with E-state index in [4.69, 9.17) is 11.6 Å². The van der Waals surface area contributed by atoms with E-state index in [-0.39, 0.29) is 0 Å². The standard InChI is InChI=1S/C14H23ClN4/c1-3-19(4-2)10-6-9-16-13-11-7-5-8-12(11)17-14(15)18-13/h3-10H2,1-2H3,(H,16,17,18). The molecule has 0 bridgehead atoms. The van der Waals surface area contributed by atoms with Gasteiger partial charge in [0.1, 0.15) is 5.82 Å². The molecule has 1 N–H and O–H groups in total. The molecule has 1 aliphatic carbocycles. The van der Waals surface area contributed by atoms with Gasteiger partial charge in [-0.3, -0.25) is 0 Å². The highest BCUT2D eigenvalue weighted by atomic mass is 35.5. The predicted molar refractivity (Wildman–Crippen MR) is 80.0 cm³/mol. The molecule has 0 fully saturated rings. The first-order valence-electron chi connectivity index (χ1n) is 7.26. The minimum atomic E-state index is 0.367. The number of anilines is 1.